The summed E-state index contributed by atoms with van der Waals surface area (Å²) in [5.41, 5.74) is 6.75. The van der Waals surface area contributed by atoms with E-state index in [-0.39, 0.29) is 0 Å². The average molecular weight is 414 g/mol. The van der Waals surface area contributed by atoms with Gasteiger partial charge in [-0.1, -0.05) is 62.6 Å². The van der Waals surface area contributed by atoms with Crippen LogP contribution in [0, 0.1) is 11.3 Å². The summed E-state index contributed by atoms with van der Waals surface area (Å²) in [6, 6.07) is 22.3. The lowest BCUT2D eigenvalue weighted by molar-refractivity contribution is 0.308. The fourth-order valence-corrected chi connectivity index (χ4v) is 4.05. The van der Waals surface area contributed by atoms with E-state index in [9.17, 15) is 0 Å². The molecule has 0 radical (unpaired) electrons. The molecule has 0 amide bonds. The molecular weight excluding hydrogens is 390 g/mol. The van der Waals surface area contributed by atoms with E-state index in [2.05, 4.69) is 52.1 Å². The molecule has 0 aliphatic rings. The number of nitrogens with zero attached hydrogens (tertiary/aromatic N) is 3. The molecule has 5 heteroatoms. The number of hydrogen-bond donors (Lipinski definition) is 0. The van der Waals surface area contributed by atoms with Gasteiger partial charge in [0.1, 0.15) is 16.8 Å². The highest BCUT2D eigenvalue weighted by Crippen LogP contribution is 2.34. The molecule has 0 unspecified atom stereocenters. The SMILES string of the molecule is CCCCCCOc1ccc(-c2ccc(-c3ccc(C#N)cc3)cc2)c2nsnc12. The minimum atomic E-state index is 0.668. The zero-order chi connectivity index (χ0) is 20.8. The maximum atomic E-state index is 8.96. The first-order chi connectivity index (χ1) is 14.8. The average Bonchev–Trinajstić information content (AvgIpc) is 3.29. The molecular formula is C25H23N3OS. The summed E-state index contributed by atoms with van der Waals surface area (Å²) in [5, 5.41) is 8.96. The Morgan fingerprint density at radius 1 is 0.800 bits per heavy atom. The van der Waals surface area contributed by atoms with Crippen LogP contribution in [0.2, 0.25) is 0 Å². The molecule has 3 aromatic carbocycles. The highest BCUT2D eigenvalue weighted by Gasteiger charge is 2.13. The van der Waals surface area contributed by atoms with Crippen LogP contribution in [0.4, 0.5) is 0 Å². The van der Waals surface area contributed by atoms with Gasteiger partial charge in [-0.2, -0.15) is 14.0 Å². The molecule has 4 rings (SSSR count). The number of nitriles is 1. The Kier molecular flexibility index (Phi) is 6.36. The Morgan fingerprint density at radius 3 is 2.17 bits per heavy atom. The molecule has 4 aromatic rings. The standard InChI is InChI=1S/C25H23N3OS/c1-2-3-4-5-16-29-23-15-14-22(24-25(23)28-30-27-24)21-12-10-20(11-13-21)19-8-6-18(17-26)7-9-19/h6-15H,2-5,16H2,1H3. The van der Waals surface area contributed by atoms with Crippen molar-refractivity contribution in [3.63, 3.8) is 0 Å². The normalized spacial score (nSPS) is 10.8. The first-order valence-corrected chi connectivity index (χ1v) is 11.0. The van der Waals surface area contributed by atoms with Gasteiger partial charge in [-0.3, -0.25) is 0 Å². The summed E-state index contributed by atoms with van der Waals surface area (Å²) >= 11 is 1.22. The van der Waals surface area contributed by atoms with E-state index < -0.39 is 0 Å². The van der Waals surface area contributed by atoms with Gasteiger partial charge in [0.2, 0.25) is 0 Å². The number of aromatic nitrogens is 2. The molecule has 1 heterocycles. The molecule has 150 valence electrons. The van der Waals surface area contributed by atoms with Crippen molar-refractivity contribution in [1.82, 2.24) is 8.75 Å². The second-order valence-corrected chi connectivity index (χ2v) is 7.78. The van der Waals surface area contributed by atoms with Gasteiger partial charge in [-0.25, -0.2) is 0 Å². The highest BCUT2D eigenvalue weighted by molar-refractivity contribution is 7.00. The molecule has 4 nitrogen and oxygen atoms in total. The minimum Gasteiger partial charge on any atom is -0.491 e. The highest BCUT2D eigenvalue weighted by atomic mass is 32.1. The summed E-state index contributed by atoms with van der Waals surface area (Å²) in [4.78, 5) is 0. The van der Waals surface area contributed by atoms with E-state index in [1.807, 2.05) is 30.3 Å². The zero-order valence-electron chi connectivity index (χ0n) is 17.0. The van der Waals surface area contributed by atoms with Gasteiger partial charge in [0.05, 0.1) is 30.0 Å². The Balaban J connectivity index is 1.55. The molecule has 30 heavy (non-hydrogen) atoms. The molecule has 0 aliphatic heterocycles. The van der Waals surface area contributed by atoms with Crippen molar-refractivity contribution in [3.05, 3.63) is 66.2 Å². The van der Waals surface area contributed by atoms with Crippen LogP contribution in [-0.2, 0) is 0 Å². The number of hydrogen-bond acceptors (Lipinski definition) is 5. The van der Waals surface area contributed by atoms with Crippen molar-refractivity contribution < 1.29 is 4.74 Å². The van der Waals surface area contributed by atoms with Crippen LogP contribution < -0.4 is 4.74 Å². The van der Waals surface area contributed by atoms with Crippen LogP contribution in [0.3, 0.4) is 0 Å². The van der Waals surface area contributed by atoms with E-state index in [4.69, 9.17) is 10.00 Å². The van der Waals surface area contributed by atoms with Crippen LogP contribution in [0.15, 0.2) is 60.7 Å². The number of benzene rings is 3. The summed E-state index contributed by atoms with van der Waals surface area (Å²) < 4.78 is 15.0. The van der Waals surface area contributed by atoms with E-state index in [0.29, 0.717) is 12.2 Å². The maximum absolute atomic E-state index is 8.96. The molecule has 0 fully saturated rings. The van der Waals surface area contributed by atoms with Gasteiger partial charge in [0.25, 0.3) is 0 Å². The Morgan fingerprint density at radius 2 is 1.47 bits per heavy atom. The lowest BCUT2D eigenvalue weighted by atomic mass is 9.99. The molecule has 0 saturated carbocycles. The number of fused-ring (bicyclic) bond motifs is 1. The molecule has 0 bridgehead atoms. The van der Waals surface area contributed by atoms with E-state index >= 15 is 0 Å². The Hall–Kier alpha value is -3.23. The first-order valence-electron chi connectivity index (χ1n) is 10.3. The smallest absolute Gasteiger partial charge is 0.148 e. The van der Waals surface area contributed by atoms with Crippen LogP contribution in [0.1, 0.15) is 38.2 Å². The molecule has 0 aliphatic carbocycles. The molecule has 0 atom stereocenters. The van der Waals surface area contributed by atoms with Gasteiger partial charge >= 0.3 is 0 Å². The molecule has 0 N–H and O–H groups in total. The maximum Gasteiger partial charge on any atom is 0.148 e. The van der Waals surface area contributed by atoms with Crippen LogP contribution in [0.5, 0.6) is 5.75 Å². The summed E-state index contributed by atoms with van der Waals surface area (Å²) in [7, 11) is 0. The molecule has 1 aromatic heterocycles. The number of rotatable bonds is 8. The van der Waals surface area contributed by atoms with Crippen LogP contribution in [0.25, 0.3) is 33.3 Å². The summed E-state index contributed by atoms with van der Waals surface area (Å²) in [5.74, 6) is 0.813. The van der Waals surface area contributed by atoms with Gasteiger partial charge in [-0.15, -0.1) is 0 Å². The number of unbranched alkanes of at least 4 members (excludes halogenated alkanes) is 3. The van der Waals surface area contributed by atoms with Crippen molar-refractivity contribution in [2.45, 2.75) is 32.6 Å². The van der Waals surface area contributed by atoms with Crippen LogP contribution in [-0.4, -0.2) is 15.4 Å². The molecule has 0 spiro atoms. The lowest BCUT2D eigenvalue weighted by Gasteiger charge is -2.09. The van der Waals surface area contributed by atoms with Crippen molar-refractivity contribution in [2.24, 2.45) is 0 Å². The van der Waals surface area contributed by atoms with E-state index in [1.165, 1.54) is 31.0 Å². The topological polar surface area (TPSA) is 58.8 Å². The quantitative estimate of drug-likeness (QED) is 0.296. The fraction of sp³-hybridized carbons (Fsp3) is 0.240. The third-order valence-corrected chi connectivity index (χ3v) is 5.71. The van der Waals surface area contributed by atoms with Gasteiger partial charge in [0.15, 0.2) is 0 Å². The van der Waals surface area contributed by atoms with Crippen molar-refractivity contribution in [2.75, 3.05) is 6.61 Å². The zero-order valence-corrected chi connectivity index (χ0v) is 17.8. The first kappa shape index (κ1) is 20.1. The fourth-order valence-electron chi connectivity index (χ4n) is 3.48. The number of ether oxygens (including phenoxy) is 1. The predicted molar refractivity (Wildman–Crippen MR) is 123 cm³/mol. The monoisotopic (exact) mass is 413 g/mol. The van der Waals surface area contributed by atoms with Crippen molar-refractivity contribution >= 4 is 22.8 Å². The van der Waals surface area contributed by atoms with Crippen molar-refractivity contribution in [1.29, 1.82) is 5.26 Å². The van der Waals surface area contributed by atoms with Crippen molar-refractivity contribution in [3.8, 4) is 34.1 Å². The minimum absolute atomic E-state index is 0.668. The molecule has 0 saturated heterocycles. The Bertz CT molecular complexity index is 1160. The van der Waals surface area contributed by atoms with Crippen LogP contribution >= 0.6 is 11.7 Å². The Labute approximate surface area is 181 Å². The van der Waals surface area contributed by atoms with E-state index in [0.717, 1.165) is 45.5 Å². The van der Waals surface area contributed by atoms with Gasteiger partial charge in [0, 0.05) is 5.56 Å². The second-order valence-electron chi connectivity index (χ2n) is 7.25. The third kappa shape index (κ3) is 4.34. The largest absolute Gasteiger partial charge is 0.491 e. The predicted octanol–water partition coefficient (Wildman–Crippen LogP) is 6.86. The van der Waals surface area contributed by atoms with Gasteiger partial charge in [-0.05, 0) is 47.4 Å². The van der Waals surface area contributed by atoms with Gasteiger partial charge < -0.3 is 4.74 Å². The summed E-state index contributed by atoms with van der Waals surface area (Å²) in [6.07, 6.45) is 4.72. The third-order valence-electron chi connectivity index (χ3n) is 5.18. The summed E-state index contributed by atoms with van der Waals surface area (Å²) in [6.45, 7) is 2.92. The van der Waals surface area contributed by atoms with E-state index in [1.54, 1.807) is 0 Å². The second kappa shape index (κ2) is 9.51. The lowest BCUT2D eigenvalue weighted by Crippen LogP contribution is -1.98.